The molecule has 0 spiro atoms. The number of carbonyl (C=O) groups excluding carboxylic acids is 1. The van der Waals surface area contributed by atoms with Crippen LogP contribution in [0.15, 0.2) is 0 Å². The summed E-state index contributed by atoms with van der Waals surface area (Å²) in [5, 5.41) is 0.999. The molecule has 0 N–H and O–H groups in total. The van der Waals surface area contributed by atoms with Crippen LogP contribution in [0.25, 0.3) is 0 Å². The molecule has 1 saturated heterocycles. The molecule has 0 aromatic carbocycles. The van der Waals surface area contributed by atoms with Crippen molar-refractivity contribution in [3.8, 4) is 0 Å². The van der Waals surface area contributed by atoms with Crippen molar-refractivity contribution in [3.05, 3.63) is 0 Å². The fraction of sp³-hybridized carbons (Fsp3) is 0.875. The zero-order valence-electron chi connectivity index (χ0n) is 7.00. The third kappa shape index (κ3) is 2.98. The van der Waals surface area contributed by atoms with E-state index in [-0.39, 0.29) is 5.24 Å². The lowest BCUT2D eigenvalue weighted by molar-refractivity contribution is 0.192. The second-order valence-corrected chi connectivity index (χ2v) is 4.37. The van der Waals surface area contributed by atoms with E-state index in [4.69, 9.17) is 0 Å². The summed E-state index contributed by atoms with van der Waals surface area (Å²) in [6, 6.07) is 0. The molecular weight excluding hydrogens is 238 g/mol. The van der Waals surface area contributed by atoms with Crippen LogP contribution >= 0.6 is 28.6 Å². The van der Waals surface area contributed by atoms with E-state index in [0.29, 0.717) is 0 Å². The summed E-state index contributed by atoms with van der Waals surface area (Å²) in [6.07, 6.45) is 3.50. The van der Waals surface area contributed by atoms with Crippen molar-refractivity contribution in [2.75, 3.05) is 18.4 Å². The number of carbonyl (C=O) groups is 1. The number of amides is 1. The number of likely N-dealkylation sites (tertiary alicyclic amines) is 1. The Hall–Kier alpha value is 0.300. The zero-order chi connectivity index (χ0) is 8.97. The SMILES string of the molecule is O=C(S)N1CCC(CCBr)CC1. The van der Waals surface area contributed by atoms with Gasteiger partial charge in [0.25, 0.3) is 5.24 Å². The van der Waals surface area contributed by atoms with E-state index in [9.17, 15) is 4.79 Å². The van der Waals surface area contributed by atoms with Gasteiger partial charge in [-0.25, -0.2) is 0 Å². The quantitative estimate of drug-likeness (QED) is 0.591. The topological polar surface area (TPSA) is 20.3 Å². The van der Waals surface area contributed by atoms with E-state index in [1.807, 2.05) is 4.90 Å². The fourth-order valence-corrected chi connectivity index (χ4v) is 2.41. The molecule has 12 heavy (non-hydrogen) atoms. The summed E-state index contributed by atoms with van der Waals surface area (Å²) < 4.78 is 0. The van der Waals surface area contributed by atoms with Crippen LogP contribution in [0, 0.1) is 5.92 Å². The number of hydrogen-bond donors (Lipinski definition) is 1. The molecule has 0 aromatic heterocycles. The largest absolute Gasteiger partial charge is 0.334 e. The molecule has 1 fully saturated rings. The summed E-state index contributed by atoms with van der Waals surface area (Å²) in [5.41, 5.74) is 0. The first-order valence-corrected chi connectivity index (χ1v) is 5.84. The van der Waals surface area contributed by atoms with Gasteiger partial charge in [0.1, 0.15) is 0 Å². The van der Waals surface area contributed by atoms with Gasteiger partial charge in [-0.1, -0.05) is 28.6 Å². The highest BCUT2D eigenvalue weighted by Crippen LogP contribution is 2.21. The van der Waals surface area contributed by atoms with Gasteiger partial charge in [-0.15, -0.1) is 0 Å². The minimum atomic E-state index is -0.0766. The van der Waals surface area contributed by atoms with Crippen LogP contribution in [0.5, 0.6) is 0 Å². The highest BCUT2D eigenvalue weighted by atomic mass is 79.9. The standard InChI is InChI=1S/C8H14BrNOS/c9-4-1-7-2-5-10(6-3-7)8(11)12/h7H,1-6H2,(H,11,12). The summed E-state index contributed by atoms with van der Waals surface area (Å²) in [4.78, 5) is 12.7. The van der Waals surface area contributed by atoms with E-state index >= 15 is 0 Å². The first-order valence-electron chi connectivity index (χ1n) is 4.28. The van der Waals surface area contributed by atoms with Crippen LogP contribution < -0.4 is 0 Å². The van der Waals surface area contributed by atoms with E-state index in [0.717, 1.165) is 37.2 Å². The van der Waals surface area contributed by atoms with Crippen molar-refractivity contribution in [2.24, 2.45) is 5.92 Å². The lowest BCUT2D eigenvalue weighted by Gasteiger charge is -2.30. The van der Waals surface area contributed by atoms with Crippen LogP contribution in [-0.4, -0.2) is 28.6 Å². The first-order chi connectivity index (χ1) is 5.74. The van der Waals surface area contributed by atoms with Crippen molar-refractivity contribution >= 4 is 33.8 Å². The maximum Gasteiger partial charge on any atom is 0.278 e. The molecule has 0 radical (unpaired) electrons. The minimum absolute atomic E-state index is 0.0766. The van der Waals surface area contributed by atoms with E-state index in [1.54, 1.807) is 0 Å². The summed E-state index contributed by atoms with van der Waals surface area (Å²) >= 11 is 7.23. The number of piperidine rings is 1. The van der Waals surface area contributed by atoms with Gasteiger partial charge in [-0.05, 0) is 25.2 Å². The Labute approximate surface area is 87.2 Å². The highest BCUT2D eigenvalue weighted by molar-refractivity contribution is 9.09. The Kier molecular flexibility index (Phi) is 4.43. The smallest absolute Gasteiger partial charge is 0.278 e. The number of nitrogens with zero attached hydrogens (tertiary/aromatic N) is 1. The Morgan fingerprint density at radius 2 is 2.08 bits per heavy atom. The number of halogens is 1. The lowest BCUT2D eigenvalue weighted by atomic mass is 9.95. The Morgan fingerprint density at radius 3 is 2.50 bits per heavy atom. The number of thiol groups is 1. The lowest BCUT2D eigenvalue weighted by Crippen LogP contribution is -2.35. The molecule has 1 aliphatic rings. The van der Waals surface area contributed by atoms with Crippen molar-refractivity contribution in [1.82, 2.24) is 4.90 Å². The third-order valence-electron chi connectivity index (χ3n) is 2.40. The molecule has 1 aliphatic heterocycles. The minimum Gasteiger partial charge on any atom is -0.334 e. The van der Waals surface area contributed by atoms with Crippen molar-refractivity contribution in [3.63, 3.8) is 0 Å². The molecule has 0 saturated carbocycles. The van der Waals surface area contributed by atoms with Gasteiger partial charge in [-0.3, -0.25) is 4.79 Å². The third-order valence-corrected chi connectivity index (χ3v) is 3.14. The van der Waals surface area contributed by atoms with E-state index in [1.165, 1.54) is 6.42 Å². The van der Waals surface area contributed by atoms with Crippen molar-refractivity contribution < 1.29 is 4.79 Å². The molecule has 0 bridgehead atoms. The van der Waals surface area contributed by atoms with Gasteiger partial charge < -0.3 is 4.90 Å². The van der Waals surface area contributed by atoms with Gasteiger partial charge in [0.2, 0.25) is 0 Å². The number of alkyl halides is 1. The predicted molar refractivity (Wildman–Crippen MR) is 57.1 cm³/mol. The zero-order valence-corrected chi connectivity index (χ0v) is 9.48. The molecule has 70 valence electrons. The predicted octanol–water partition coefficient (Wildman–Crippen LogP) is 2.53. The fourth-order valence-electron chi connectivity index (χ4n) is 1.57. The first kappa shape index (κ1) is 10.4. The molecule has 2 nitrogen and oxygen atoms in total. The molecule has 1 amide bonds. The van der Waals surface area contributed by atoms with Gasteiger partial charge in [0, 0.05) is 18.4 Å². The van der Waals surface area contributed by atoms with E-state index in [2.05, 4.69) is 28.6 Å². The Bertz CT molecular complexity index is 157. The maximum atomic E-state index is 10.8. The van der Waals surface area contributed by atoms with Crippen LogP contribution in [0.3, 0.4) is 0 Å². The van der Waals surface area contributed by atoms with Crippen LogP contribution in [-0.2, 0) is 0 Å². The maximum absolute atomic E-state index is 10.8. The average molecular weight is 252 g/mol. The Balaban J connectivity index is 2.25. The van der Waals surface area contributed by atoms with Gasteiger partial charge in [-0.2, -0.15) is 0 Å². The van der Waals surface area contributed by atoms with Crippen LogP contribution in [0.1, 0.15) is 19.3 Å². The molecule has 0 aliphatic carbocycles. The molecule has 0 unspecified atom stereocenters. The normalized spacial score (nSPS) is 19.7. The molecule has 0 atom stereocenters. The van der Waals surface area contributed by atoms with Crippen molar-refractivity contribution in [1.29, 1.82) is 0 Å². The molecule has 1 heterocycles. The highest BCUT2D eigenvalue weighted by Gasteiger charge is 2.20. The summed E-state index contributed by atoms with van der Waals surface area (Å²) in [5.74, 6) is 0.799. The monoisotopic (exact) mass is 251 g/mol. The number of hydrogen-bond acceptors (Lipinski definition) is 1. The molecule has 4 heteroatoms. The molecule has 1 rings (SSSR count). The number of rotatable bonds is 2. The van der Waals surface area contributed by atoms with Gasteiger partial charge in [0.05, 0.1) is 0 Å². The summed E-state index contributed by atoms with van der Waals surface area (Å²) in [6.45, 7) is 1.78. The Morgan fingerprint density at radius 1 is 1.50 bits per heavy atom. The van der Waals surface area contributed by atoms with Gasteiger partial charge in [0.15, 0.2) is 0 Å². The second-order valence-electron chi connectivity index (χ2n) is 3.19. The van der Waals surface area contributed by atoms with E-state index < -0.39 is 0 Å². The molecule has 0 aromatic rings. The van der Waals surface area contributed by atoms with Crippen LogP contribution in [0.2, 0.25) is 0 Å². The van der Waals surface area contributed by atoms with Gasteiger partial charge >= 0.3 is 0 Å². The second kappa shape index (κ2) is 5.12. The summed E-state index contributed by atoms with van der Waals surface area (Å²) in [7, 11) is 0. The molecular formula is C8H14BrNOS. The van der Waals surface area contributed by atoms with Crippen LogP contribution in [0.4, 0.5) is 4.79 Å². The average Bonchev–Trinajstić information content (AvgIpc) is 2.06. The van der Waals surface area contributed by atoms with Crippen molar-refractivity contribution in [2.45, 2.75) is 19.3 Å².